The molecule has 14 heavy (non-hydrogen) atoms. The SMILES string of the molecule is C[C]1CC=C(C(C)c2ccc(C)o2)O1. The average molecular weight is 191 g/mol. The van der Waals surface area contributed by atoms with E-state index in [9.17, 15) is 0 Å². The molecule has 1 aliphatic rings. The maximum absolute atomic E-state index is 5.60. The van der Waals surface area contributed by atoms with Crippen molar-refractivity contribution in [2.45, 2.75) is 33.1 Å². The molecule has 0 amide bonds. The number of rotatable bonds is 2. The van der Waals surface area contributed by atoms with Crippen molar-refractivity contribution in [2.75, 3.05) is 0 Å². The van der Waals surface area contributed by atoms with Gasteiger partial charge in [0.2, 0.25) is 0 Å². The molecule has 2 heteroatoms. The molecule has 1 atom stereocenters. The molecule has 0 N–H and O–H groups in total. The zero-order valence-electron chi connectivity index (χ0n) is 8.83. The molecule has 2 nitrogen and oxygen atoms in total. The third-order valence-corrected chi connectivity index (χ3v) is 2.50. The van der Waals surface area contributed by atoms with Crippen LogP contribution in [-0.4, -0.2) is 0 Å². The molecule has 0 saturated heterocycles. The predicted octanol–water partition coefficient (Wildman–Crippen LogP) is 3.55. The van der Waals surface area contributed by atoms with Crippen LogP contribution in [0.1, 0.15) is 37.7 Å². The van der Waals surface area contributed by atoms with E-state index in [4.69, 9.17) is 9.15 Å². The Bertz CT molecular complexity index is 349. The van der Waals surface area contributed by atoms with Gasteiger partial charge in [0.15, 0.2) is 0 Å². The highest BCUT2D eigenvalue weighted by molar-refractivity contribution is 5.22. The lowest BCUT2D eigenvalue weighted by atomic mass is 10.1. The van der Waals surface area contributed by atoms with Gasteiger partial charge in [0, 0.05) is 6.42 Å². The average Bonchev–Trinajstić information content (AvgIpc) is 2.73. The molecule has 0 fully saturated rings. The summed E-state index contributed by atoms with van der Waals surface area (Å²) < 4.78 is 11.2. The fourth-order valence-corrected chi connectivity index (χ4v) is 1.62. The van der Waals surface area contributed by atoms with Gasteiger partial charge in [-0.05, 0) is 39.0 Å². The molecule has 1 radical (unpaired) electrons. The van der Waals surface area contributed by atoms with Crippen LogP contribution in [-0.2, 0) is 4.74 Å². The number of allylic oxidation sites excluding steroid dienone is 1. The molecule has 1 aromatic rings. The standard InChI is InChI=1S/C12H15O2/c1-8-4-6-11(13-8)10(3)12-7-5-9(2)14-12/h4,6-7,10H,5H2,1-3H3. The summed E-state index contributed by atoms with van der Waals surface area (Å²) in [5.74, 6) is 3.16. The minimum absolute atomic E-state index is 0.223. The Morgan fingerprint density at radius 3 is 2.57 bits per heavy atom. The smallest absolute Gasteiger partial charge is 0.149 e. The summed E-state index contributed by atoms with van der Waals surface area (Å²) in [5, 5.41) is 0. The minimum Gasteiger partial charge on any atom is -0.487 e. The van der Waals surface area contributed by atoms with Crippen LogP contribution in [0.3, 0.4) is 0 Å². The monoisotopic (exact) mass is 191 g/mol. The van der Waals surface area contributed by atoms with Crippen LogP contribution in [0.4, 0.5) is 0 Å². The van der Waals surface area contributed by atoms with E-state index in [0.717, 1.165) is 29.8 Å². The fourth-order valence-electron chi connectivity index (χ4n) is 1.62. The van der Waals surface area contributed by atoms with Gasteiger partial charge in [-0.15, -0.1) is 0 Å². The minimum atomic E-state index is 0.223. The number of ether oxygens (including phenoxy) is 1. The maximum atomic E-state index is 5.60. The van der Waals surface area contributed by atoms with Crippen LogP contribution >= 0.6 is 0 Å². The van der Waals surface area contributed by atoms with Crippen molar-refractivity contribution >= 4 is 0 Å². The summed E-state index contributed by atoms with van der Waals surface area (Å²) in [4.78, 5) is 0. The molecule has 2 rings (SSSR count). The van der Waals surface area contributed by atoms with Crippen LogP contribution in [0.2, 0.25) is 0 Å². The van der Waals surface area contributed by atoms with Gasteiger partial charge < -0.3 is 9.15 Å². The van der Waals surface area contributed by atoms with Gasteiger partial charge in [0.1, 0.15) is 23.4 Å². The van der Waals surface area contributed by atoms with Gasteiger partial charge in [0.25, 0.3) is 0 Å². The largest absolute Gasteiger partial charge is 0.487 e. The number of hydrogen-bond donors (Lipinski definition) is 0. The van der Waals surface area contributed by atoms with E-state index in [1.54, 1.807) is 0 Å². The van der Waals surface area contributed by atoms with Crippen molar-refractivity contribution in [2.24, 2.45) is 0 Å². The van der Waals surface area contributed by atoms with Crippen molar-refractivity contribution in [1.29, 1.82) is 0 Å². The molecule has 0 saturated carbocycles. The van der Waals surface area contributed by atoms with E-state index >= 15 is 0 Å². The molecule has 1 aliphatic heterocycles. The number of hydrogen-bond acceptors (Lipinski definition) is 2. The normalized spacial score (nSPS) is 19.2. The molecular formula is C12H15O2. The lowest BCUT2D eigenvalue weighted by Crippen LogP contribution is -1.98. The summed E-state index contributed by atoms with van der Waals surface area (Å²) in [5.41, 5.74) is 0. The quantitative estimate of drug-likeness (QED) is 0.713. The zero-order valence-corrected chi connectivity index (χ0v) is 8.83. The van der Waals surface area contributed by atoms with Crippen LogP contribution in [0, 0.1) is 13.0 Å². The highest BCUT2D eigenvalue weighted by Gasteiger charge is 2.22. The molecule has 0 aliphatic carbocycles. The molecular weight excluding hydrogens is 176 g/mol. The summed E-state index contributed by atoms with van der Waals surface area (Å²) in [6.07, 6.45) is 4.12. The van der Waals surface area contributed by atoms with Gasteiger partial charge in [-0.2, -0.15) is 0 Å². The Kier molecular flexibility index (Phi) is 2.36. The zero-order chi connectivity index (χ0) is 10.1. The van der Waals surface area contributed by atoms with Gasteiger partial charge in [-0.3, -0.25) is 0 Å². The van der Waals surface area contributed by atoms with E-state index < -0.39 is 0 Å². The Hall–Kier alpha value is -1.18. The van der Waals surface area contributed by atoms with E-state index in [1.165, 1.54) is 0 Å². The number of aryl methyl sites for hydroxylation is 1. The third-order valence-electron chi connectivity index (χ3n) is 2.50. The second-order valence-electron chi connectivity index (χ2n) is 3.78. The van der Waals surface area contributed by atoms with E-state index in [2.05, 4.69) is 13.0 Å². The van der Waals surface area contributed by atoms with Crippen molar-refractivity contribution in [3.8, 4) is 0 Å². The van der Waals surface area contributed by atoms with Gasteiger partial charge in [-0.25, -0.2) is 0 Å². The summed E-state index contributed by atoms with van der Waals surface area (Å²) >= 11 is 0. The molecule has 1 unspecified atom stereocenters. The second kappa shape index (κ2) is 3.52. The molecule has 0 bridgehead atoms. The van der Waals surface area contributed by atoms with Crippen molar-refractivity contribution in [3.63, 3.8) is 0 Å². The molecule has 1 aromatic heterocycles. The Morgan fingerprint density at radius 2 is 2.07 bits per heavy atom. The van der Waals surface area contributed by atoms with Crippen molar-refractivity contribution in [3.05, 3.63) is 41.6 Å². The van der Waals surface area contributed by atoms with E-state index in [0.29, 0.717) is 0 Å². The Labute approximate surface area is 84.6 Å². The highest BCUT2D eigenvalue weighted by Crippen LogP contribution is 2.33. The Morgan fingerprint density at radius 1 is 1.29 bits per heavy atom. The van der Waals surface area contributed by atoms with E-state index in [-0.39, 0.29) is 5.92 Å². The van der Waals surface area contributed by atoms with Crippen LogP contribution in [0.5, 0.6) is 0 Å². The van der Waals surface area contributed by atoms with Crippen LogP contribution < -0.4 is 0 Å². The first-order valence-corrected chi connectivity index (χ1v) is 4.93. The highest BCUT2D eigenvalue weighted by atomic mass is 16.5. The molecule has 2 heterocycles. The lowest BCUT2D eigenvalue weighted by Gasteiger charge is -2.12. The summed E-state index contributed by atoms with van der Waals surface area (Å²) in [6.45, 7) is 6.06. The second-order valence-corrected chi connectivity index (χ2v) is 3.78. The predicted molar refractivity (Wildman–Crippen MR) is 54.6 cm³/mol. The van der Waals surface area contributed by atoms with E-state index in [1.807, 2.05) is 26.0 Å². The first-order chi connectivity index (χ1) is 6.66. The summed E-state index contributed by atoms with van der Waals surface area (Å²) in [6, 6.07) is 4.00. The molecule has 75 valence electrons. The van der Waals surface area contributed by atoms with Crippen molar-refractivity contribution < 1.29 is 9.15 Å². The molecule has 0 spiro atoms. The van der Waals surface area contributed by atoms with Gasteiger partial charge in [-0.1, -0.05) is 0 Å². The summed E-state index contributed by atoms with van der Waals surface area (Å²) in [7, 11) is 0. The first kappa shape index (κ1) is 9.38. The molecule has 0 aromatic carbocycles. The Balaban J connectivity index is 2.12. The third kappa shape index (κ3) is 1.69. The number of furan rings is 1. The van der Waals surface area contributed by atoms with Crippen LogP contribution in [0.25, 0.3) is 0 Å². The maximum Gasteiger partial charge on any atom is 0.149 e. The van der Waals surface area contributed by atoms with Crippen molar-refractivity contribution in [1.82, 2.24) is 0 Å². The van der Waals surface area contributed by atoms with Gasteiger partial charge in [0.05, 0.1) is 5.92 Å². The van der Waals surface area contributed by atoms with Crippen LogP contribution in [0.15, 0.2) is 28.4 Å². The lowest BCUT2D eigenvalue weighted by molar-refractivity contribution is 0.228. The fraction of sp³-hybridized carbons (Fsp3) is 0.417. The topological polar surface area (TPSA) is 22.4 Å². The first-order valence-electron chi connectivity index (χ1n) is 4.93. The van der Waals surface area contributed by atoms with Gasteiger partial charge >= 0.3 is 0 Å².